The maximum Gasteiger partial charge on any atom is 0.264 e. The summed E-state index contributed by atoms with van der Waals surface area (Å²) in [6.45, 7) is 1.29. The monoisotopic (exact) mass is 523 g/mol. The summed E-state index contributed by atoms with van der Waals surface area (Å²) in [7, 11) is -4.49. The fraction of sp³-hybridized carbons (Fsp3) is 0.400. The zero-order valence-corrected chi connectivity index (χ0v) is 21.1. The second kappa shape index (κ2) is 11.1. The Bertz CT molecular complexity index is 1120. The third kappa shape index (κ3) is 7.05. The van der Waals surface area contributed by atoms with E-state index >= 15 is 0 Å². The molecule has 0 fully saturated rings. The lowest BCUT2D eigenvalue weighted by Crippen LogP contribution is -2.40. The Morgan fingerprint density at radius 3 is 2.16 bits per heavy atom. The van der Waals surface area contributed by atoms with Gasteiger partial charge in [-0.15, -0.1) is 4.83 Å². The molecule has 0 amide bonds. The molecule has 0 bridgehead atoms. The number of aliphatic hydroxyl groups excluding tert-OH is 1. The molecule has 0 heterocycles. The van der Waals surface area contributed by atoms with Crippen LogP contribution in [0.15, 0.2) is 47.4 Å². The van der Waals surface area contributed by atoms with Gasteiger partial charge in [-0.05, 0) is 56.2 Å². The molecular formula is C20H27Cl2N3O5S2. The molecule has 2 aromatic rings. The van der Waals surface area contributed by atoms with Crippen molar-refractivity contribution in [2.24, 2.45) is 0 Å². The molecule has 0 unspecified atom stereocenters. The molecular weight excluding hydrogens is 497 g/mol. The zero-order chi connectivity index (χ0) is 24.1. The minimum absolute atomic E-state index is 0.0134. The average molecular weight is 524 g/mol. The van der Waals surface area contributed by atoms with E-state index < -0.39 is 32.7 Å². The van der Waals surface area contributed by atoms with Gasteiger partial charge in [0.1, 0.15) is 0 Å². The molecule has 0 radical (unpaired) electrons. The highest BCUT2D eigenvalue weighted by atomic mass is 35.5. The minimum atomic E-state index is -4.07. The lowest BCUT2D eigenvalue weighted by Gasteiger charge is -2.32. The molecule has 1 atom stereocenters. The van der Waals surface area contributed by atoms with Crippen LogP contribution in [0.1, 0.15) is 25.3 Å². The lowest BCUT2D eigenvalue weighted by atomic mass is 10.1. The molecule has 2 N–H and O–H groups in total. The first kappa shape index (κ1) is 26.8. The van der Waals surface area contributed by atoms with E-state index in [1.54, 1.807) is 33.2 Å². The van der Waals surface area contributed by atoms with E-state index in [1.807, 2.05) is 0 Å². The van der Waals surface area contributed by atoms with Gasteiger partial charge in [-0.25, -0.2) is 21.8 Å². The summed E-state index contributed by atoms with van der Waals surface area (Å²) in [5.74, 6) is -0.174. The highest BCUT2D eigenvalue weighted by Gasteiger charge is 2.31. The largest absolute Gasteiger partial charge is 0.392 e. The molecule has 12 heteroatoms. The van der Waals surface area contributed by atoms with E-state index in [-0.39, 0.29) is 29.2 Å². The van der Waals surface area contributed by atoms with Crippen LogP contribution in [0.3, 0.4) is 0 Å². The summed E-state index contributed by atoms with van der Waals surface area (Å²) < 4.78 is 52.6. The first-order valence-electron chi connectivity index (χ1n) is 9.74. The number of sulfonamides is 2. The van der Waals surface area contributed by atoms with Gasteiger partial charge in [0.15, 0.2) is 0 Å². The van der Waals surface area contributed by atoms with Gasteiger partial charge in [0.05, 0.1) is 22.9 Å². The molecule has 0 saturated carbocycles. The number of anilines is 1. The van der Waals surface area contributed by atoms with Crippen LogP contribution < -0.4 is 9.14 Å². The fourth-order valence-corrected chi connectivity index (χ4v) is 6.41. The molecule has 0 aliphatic carbocycles. The van der Waals surface area contributed by atoms with E-state index in [4.69, 9.17) is 23.2 Å². The summed E-state index contributed by atoms with van der Waals surface area (Å²) >= 11 is 12.1. The molecule has 2 aromatic carbocycles. The third-order valence-electron chi connectivity index (χ3n) is 4.58. The number of nitrogens with one attached hydrogen (secondary N) is 1. The topological polar surface area (TPSA) is 107 Å². The number of hydrogen-bond donors (Lipinski definition) is 2. The summed E-state index contributed by atoms with van der Waals surface area (Å²) in [6.07, 6.45) is 0.463. The first-order chi connectivity index (χ1) is 14.9. The molecule has 0 saturated heterocycles. The van der Waals surface area contributed by atoms with Crippen LogP contribution >= 0.6 is 23.2 Å². The Kier molecular flexibility index (Phi) is 9.35. The van der Waals surface area contributed by atoms with Crippen molar-refractivity contribution >= 4 is 48.9 Å². The standard InChI is InChI=1S/C20H27Cl2N3O5S2/c1-15(5-4-12-31(27,28)23-24(2)3)25(20-13-18(22)7-6-16(20)14-26)32(29,30)19-10-8-17(21)9-11-19/h6-11,13,15,23,26H,4-5,12,14H2,1-3H3/t15-/m1/s1. The zero-order valence-electron chi connectivity index (χ0n) is 18.0. The molecule has 8 nitrogen and oxygen atoms in total. The van der Waals surface area contributed by atoms with Crippen molar-refractivity contribution in [1.29, 1.82) is 0 Å². The summed E-state index contributed by atoms with van der Waals surface area (Å²) in [5, 5.41) is 11.8. The maximum absolute atomic E-state index is 13.6. The highest BCUT2D eigenvalue weighted by molar-refractivity contribution is 7.92. The molecule has 0 spiro atoms. The highest BCUT2D eigenvalue weighted by Crippen LogP contribution is 2.33. The van der Waals surface area contributed by atoms with Crippen molar-refractivity contribution in [1.82, 2.24) is 9.84 Å². The molecule has 2 rings (SSSR count). The van der Waals surface area contributed by atoms with Crippen molar-refractivity contribution in [3.63, 3.8) is 0 Å². The van der Waals surface area contributed by atoms with Crippen LogP contribution in [-0.2, 0) is 26.7 Å². The number of rotatable bonds is 11. The predicted molar refractivity (Wildman–Crippen MR) is 128 cm³/mol. The van der Waals surface area contributed by atoms with Gasteiger partial charge in [0, 0.05) is 35.7 Å². The number of aliphatic hydroxyl groups is 1. The van der Waals surface area contributed by atoms with Crippen molar-refractivity contribution < 1.29 is 21.9 Å². The molecule has 0 aliphatic rings. The van der Waals surface area contributed by atoms with E-state index in [0.29, 0.717) is 15.6 Å². The molecule has 0 aromatic heterocycles. The Morgan fingerprint density at radius 2 is 1.59 bits per heavy atom. The molecule has 0 aliphatic heterocycles. The quantitative estimate of drug-likeness (QED) is 0.437. The van der Waals surface area contributed by atoms with Crippen molar-refractivity contribution in [2.45, 2.75) is 37.3 Å². The second-order valence-electron chi connectivity index (χ2n) is 7.48. The second-order valence-corrected chi connectivity index (χ2v) is 12.0. The SMILES string of the molecule is C[C@H](CCCS(=O)(=O)NN(C)C)N(c1cc(Cl)ccc1CO)S(=O)(=O)c1ccc(Cl)cc1. The van der Waals surface area contributed by atoms with Gasteiger partial charge in [-0.1, -0.05) is 29.3 Å². The van der Waals surface area contributed by atoms with Gasteiger partial charge in [-0.3, -0.25) is 4.31 Å². The van der Waals surface area contributed by atoms with Crippen LogP contribution in [0.25, 0.3) is 0 Å². The Balaban J connectivity index is 2.43. The molecule has 32 heavy (non-hydrogen) atoms. The van der Waals surface area contributed by atoms with E-state index in [9.17, 15) is 21.9 Å². The van der Waals surface area contributed by atoms with E-state index in [0.717, 1.165) is 0 Å². The predicted octanol–water partition coefficient (Wildman–Crippen LogP) is 3.25. The average Bonchev–Trinajstić information content (AvgIpc) is 2.67. The van der Waals surface area contributed by atoms with Gasteiger partial charge in [0.2, 0.25) is 10.0 Å². The molecule has 178 valence electrons. The normalized spacial score (nSPS) is 13.3. The fourth-order valence-electron chi connectivity index (χ4n) is 3.21. The Labute approximate surface area is 199 Å². The number of hydrogen-bond acceptors (Lipinski definition) is 6. The number of halogens is 2. The van der Waals surface area contributed by atoms with Gasteiger partial charge >= 0.3 is 0 Å². The van der Waals surface area contributed by atoms with Crippen LogP contribution in [0.2, 0.25) is 10.0 Å². The summed E-state index contributed by atoms with van der Waals surface area (Å²) in [6, 6.07) is 9.70. The van der Waals surface area contributed by atoms with Gasteiger partial charge in [-0.2, -0.15) is 0 Å². The Hall–Kier alpha value is -1.40. The van der Waals surface area contributed by atoms with Crippen molar-refractivity contribution in [3.8, 4) is 0 Å². The first-order valence-corrected chi connectivity index (χ1v) is 13.6. The smallest absolute Gasteiger partial charge is 0.264 e. The van der Waals surface area contributed by atoms with E-state index in [2.05, 4.69) is 4.83 Å². The van der Waals surface area contributed by atoms with Crippen LogP contribution in [-0.4, -0.2) is 52.8 Å². The van der Waals surface area contributed by atoms with Crippen molar-refractivity contribution in [2.75, 3.05) is 24.2 Å². The van der Waals surface area contributed by atoms with Crippen LogP contribution in [0.4, 0.5) is 5.69 Å². The summed E-state index contributed by atoms with van der Waals surface area (Å²) in [4.78, 5) is 2.36. The minimum Gasteiger partial charge on any atom is -0.392 e. The van der Waals surface area contributed by atoms with E-state index in [1.165, 1.54) is 39.6 Å². The number of nitrogens with zero attached hydrogens (tertiary/aromatic N) is 2. The van der Waals surface area contributed by atoms with Crippen LogP contribution in [0, 0.1) is 0 Å². The Morgan fingerprint density at radius 1 is 1.00 bits per heavy atom. The van der Waals surface area contributed by atoms with Gasteiger partial charge in [0.25, 0.3) is 10.0 Å². The van der Waals surface area contributed by atoms with Crippen LogP contribution in [0.5, 0.6) is 0 Å². The van der Waals surface area contributed by atoms with Crippen molar-refractivity contribution in [3.05, 3.63) is 58.1 Å². The lowest BCUT2D eigenvalue weighted by molar-refractivity contribution is 0.282. The summed E-state index contributed by atoms with van der Waals surface area (Å²) in [5.41, 5.74) is 0.609. The maximum atomic E-state index is 13.6. The van der Waals surface area contributed by atoms with Gasteiger partial charge < -0.3 is 5.11 Å². The number of hydrazine groups is 1. The number of benzene rings is 2. The third-order valence-corrected chi connectivity index (χ3v) is 8.48.